The molecule has 1 saturated carbocycles. The molecule has 3 heterocycles. The number of nitrogens with zero attached hydrogens (tertiary/aromatic N) is 4. The Bertz CT molecular complexity index is 1500. The third kappa shape index (κ3) is 2.80. The summed E-state index contributed by atoms with van der Waals surface area (Å²) in [5.41, 5.74) is 9.99. The molecule has 32 heavy (non-hydrogen) atoms. The molecule has 5 nitrogen and oxygen atoms in total. The Hall–Kier alpha value is -3.47. The Morgan fingerprint density at radius 3 is 2.69 bits per heavy atom. The summed E-state index contributed by atoms with van der Waals surface area (Å²) in [5, 5.41) is 5.43. The van der Waals surface area contributed by atoms with E-state index in [1.54, 1.807) is 0 Å². The van der Waals surface area contributed by atoms with Gasteiger partial charge in [0.25, 0.3) is 0 Å². The molecule has 0 amide bonds. The van der Waals surface area contributed by atoms with Gasteiger partial charge in [-0.2, -0.15) is 0 Å². The minimum atomic E-state index is 0.572. The van der Waals surface area contributed by atoms with E-state index in [1.165, 1.54) is 40.9 Å². The topological polar surface area (TPSA) is 56.7 Å². The monoisotopic (exact) mass is 422 g/mol. The van der Waals surface area contributed by atoms with E-state index in [2.05, 4.69) is 65.9 Å². The highest BCUT2D eigenvalue weighted by atomic mass is 16.5. The number of fused-ring (bicyclic) bond motifs is 2. The number of rotatable bonds is 4. The van der Waals surface area contributed by atoms with Gasteiger partial charge in [0.05, 0.1) is 22.2 Å². The molecule has 0 N–H and O–H groups in total. The van der Waals surface area contributed by atoms with E-state index in [-0.39, 0.29) is 0 Å². The van der Waals surface area contributed by atoms with Crippen molar-refractivity contribution in [1.82, 2.24) is 19.7 Å². The van der Waals surface area contributed by atoms with Crippen LogP contribution < -0.4 is 0 Å². The van der Waals surface area contributed by atoms with Crippen molar-refractivity contribution in [3.8, 4) is 22.3 Å². The molecule has 0 spiro atoms. The van der Waals surface area contributed by atoms with Crippen LogP contribution in [0, 0.1) is 13.8 Å². The summed E-state index contributed by atoms with van der Waals surface area (Å²) >= 11 is 0. The molecule has 2 aromatic carbocycles. The molecule has 0 radical (unpaired) electrons. The molecule has 5 aromatic rings. The molecule has 0 saturated heterocycles. The van der Waals surface area contributed by atoms with Gasteiger partial charge in [-0.25, -0.2) is 4.98 Å². The lowest BCUT2D eigenvalue weighted by molar-refractivity contribution is 0.383. The third-order valence-corrected chi connectivity index (χ3v) is 6.75. The largest absolute Gasteiger partial charge is 0.360 e. The van der Waals surface area contributed by atoms with Gasteiger partial charge in [-0.05, 0) is 67.6 Å². The van der Waals surface area contributed by atoms with Crippen LogP contribution in [0.1, 0.15) is 48.5 Å². The lowest BCUT2D eigenvalue weighted by Gasteiger charge is -2.15. The van der Waals surface area contributed by atoms with E-state index in [0.717, 1.165) is 45.4 Å². The van der Waals surface area contributed by atoms with E-state index in [1.807, 2.05) is 19.2 Å². The molecule has 3 aromatic heterocycles. The maximum Gasteiger partial charge on any atom is 0.144 e. The number of aromatic nitrogens is 4. The second kappa shape index (κ2) is 7.02. The van der Waals surface area contributed by atoms with Crippen LogP contribution in [-0.4, -0.2) is 19.7 Å². The van der Waals surface area contributed by atoms with Crippen molar-refractivity contribution in [2.24, 2.45) is 7.05 Å². The van der Waals surface area contributed by atoms with Crippen molar-refractivity contribution in [3.63, 3.8) is 0 Å². The number of aryl methyl sites for hydroxylation is 4. The zero-order chi connectivity index (χ0) is 22.0. The number of benzene rings is 2. The lowest BCUT2D eigenvalue weighted by Crippen LogP contribution is -1.98. The molecule has 160 valence electrons. The van der Waals surface area contributed by atoms with Gasteiger partial charge in [-0.3, -0.25) is 4.98 Å². The number of imidazole rings is 1. The fourth-order valence-electron chi connectivity index (χ4n) is 5.06. The van der Waals surface area contributed by atoms with E-state index in [0.29, 0.717) is 5.92 Å². The standard InChI is InChI=1S/C27H26N4O/c1-5-23-25(16(3)30-32-23)18-13-20(24-15(2)8-11-21-19(24)7-6-12-28-21)26-22(14-18)29-27(31(26)4)17-9-10-17/h6-8,11-14,17H,5,9-10H2,1-4H3. The molecule has 6 rings (SSSR count). The van der Waals surface area contributed by atoms with Crippen molar-refractivity contribution in [2.45, 2.75) is 46.0 Å². The first-order valence-corrected chi connectivity index (χ1v) is 11.4. The Balaban J connectivity index is 1.74. The van der Waals surface area contributed by atoms with Gasteiger partial charge in [0.2, 0.25) is 0 Å². The fourth-order valence-corrected chi connectivity index (χ4v) is 5.06. The predicted octanol–water partition coefficient (Wildman–Crippen LogP) is 6.50. The lowest BCUT2D eigenvalue weighted by atomic mass is 9.91. The molecule has 0 bridgehead atoms. The first-order valence-electron chi connectivity index (χ1n) is 11.4. The highest BCUT2D eigenvalue weighted by molar-refractivity contribution is 6.05. The van der Waals surface area contributed by atoms with Crippen molar-refractivity contribution in [1.29, 1.82) is 0 Å². The zero-order valence-corrected chi connectivity index (χ0v) is 18.9. The average molecular weight is 423 g/mol. The summed E-state index contributed by atoms with van der Waals surface area (Å²) < 4.78 is 7.95. The number of hydrogen-bond acceptors (Lipinski definition) is 4. The van der Waals surface area contributed by atoms with E-state index in [4.69, 9.17) is 9.51 Å². The Morgan fingerprint density at radius 2 is 1.91 bits per heavy atom. The Kier molecular flexibility index (Phi) is 4.22. The molecular formula is C27H26N4O. The van der Waals surface area contributed by atoms with E-state index in [9.17, 15) is 0 Å². The zero-order valence-electron chi connectivity index (χ0n) is 18.9. The second-order valence-electron chi connectivity index (χ2n) is 8.94. The van der Waals surface area contributed by atoms with Crippen LogP contribution in [0.25, 0.3) is 44.2 Å². The van der Waals surface area contributed by atoms with Gasteiger partial charge >= 0.3 is 0 Å². The van der Waals surface area contributed by atoms with Crippen molar-refractivity contribution >= 4 is 21.9 Å². The summed E-state index contributed by atoms with van der Waals surface area (Å²) in [5.74, 6) is 2.68. The smallest absolute Gasteiger partial charge is 0.144 e. The maximum absolute atomic E-state index is 5.64. The van der Waals surface area contributed by atoms with Crippen LogP contribution in [0.3, 0.4) is 0 Å². The number of pyridine rings is 1. The van der Waals surface area contributed by atoms with E-state index >= 15 is 0 Å². The van der Waals surface area contributed by atoms with Crippen LogP contribution in [0.2, 0.25) is 0 Å². The Morgan fingerprint density at radius 1 is 1.06 bits per heavy atom. The summed E-state index contributed by atoms with van der Waals surface area (Å²) in [6.45, 7) is 6.30. The normalized spacial score (nSPS) is 14.0. The third-order valence-electron chi connectivity index (χ3n) is 6.75. The summed E-state index contributed by atoms with van der Waals surface area (Å²) in [6.07, 6.45) is 5.11. The van der Waals surface area contributed by atoms with Gasteiger partial charge < -0.3 is 9.09 Å². The molecule has 0 aliphatic heterocycles. The van der Waals surface area contributed by atoms with Gasteiger partial charge in [-0.1, -0.05) is 24.2 Å². The van der Waals surface area contributed by atoms with Gasteiger partial charge in [0.15, 0.2) is 0 Å². The first kappa shape index (κ1) is 19.2. The molecule has 0 atom stereocenters. The molecule has 1 fully saturated rings. The molecule has 1 aliphatic rings. The fraction of sp³-hybridized carbons (Fsp3) is 0.296. The SMILES string of the molecule is CCc1onc(C)c1-c1cc(-c2c(C)ccc3ncccc23)c2c(c1)nc(C1CC1)n2C. The van der Waals surface area contributed by atoms with Crippen molar-refractivity contribution in [3.05, 3.63) is 65.4 Å². The first-order chi connectivity index (χ1) is 15.6. The molecule has 0 unspecified atom stereocenters. The van der Waals surface area contributed by atoms with Crippen LogP contribution in [0.4, 0.5) is 0 Å². The summed E-state index contributed by atoms with van der Waals surface area (Å²) in [4.78, 5) is 9.74. The second-order valence-corrected chi connectivity index (χ2v) is 8.94. The molecular weight excluding hydrogens is 396 g/mol. The highest BCUT2D eigenvalue weighted by Crippen LogP contribution is 2.44. The Labute approximate surface area is 187 Å². The maximum atomic E-state index is 5.64. The predicted molar refractivity (Wildman–Crippen MR) is 128 cm³/mol. The summed E-state index contributed by atoms with van der Waals surface area (Å²) in [7, 11) is 2.16. The highest BCUT2D eigenvalue weighted by Gasteiger charge is 2.30. The quantitative estimate of drug-likeness (QED) is 0.332. The van der Waals surface area contributed by atoms with Crippen LogP contribution in [0.5, 0.6) is 0 Å². The average Bonchev–Trinajstić information content (AvgIpc) is 3.49. The van der Waals surface area contributed by atoms with Gasteiger partial charge in [-0.15, -0.1) is 0 Å². The molecule has 5 heteroatoms. The summed E-state index contributed by atoms with van der Waals surface area (Å²) in [6, 6.07) is 13.0. The van der Waals surface area contributed by atoms with Crippen molar-refractivity contribution < 1.29 is 4.52 Å². The van der Waals surface area contributed by atoms with Gasteiger partial charge in [0, 0.05) is 42.1 Å². The molecule has 1 aliphatic carbocycles. The van der Waals surface area contributed by atoms with Gasteiger partial charge in [0.1, 0.15) is 11.6 Å². The van der Waals surface area contributed by atoms with Crippen LogP contribution in [0.15, 0.2) is 47.1 Å². The minimum absolute atomic E-state index is 0.572. The van der Waals surface area contributed by atoms with Crippen LogP contribution >= 0.6 is 0 Å². The number of hydrogen-bond donors (Lipinski definition) is 0. The van der Waals surface area contributed by atoms with Crippen molar-refractivity contribution in [2.75, 3.05) is 0 Å². The van der Waals surface area contributed by atoms with E-state index < -0.39 is 0 Å². The minimum Gasteiger partial charge on any atom is -0.360 e. The van der Waals surface area contributed by atoms with Crippen LogP contribution in [-0.2, 0) is 13.5 Å².